The lowest BCUT2D eigenvalue weighted by Crippen LogP contribution is -2.06. The molecule has 0 radical (unpaired) electrons. The van der Waals surface area contributed by atoms with Crippen LogP contribution in [0, 0.1) is 12.8 Å². The number of aryl methyl sites for hydroxylation is 1. The molecule has 0 spiro atoms. The van der Waals surface area contributed by atoms with Gasteiger partial charge in [-0.05, 0) is 18.4 Å². The zero-order valence-electron chi connectivity index (χ0n) is 9.40. The minimum Gasteiger partial charge on any atom is -0.376 e. The fraction of sp³-hybridized carbons (Fsp3) is 0.462. The third-order valence-electron chi connectivity index (χ3n) is 2.29. The highest BCUT2D eigenvalue weighted by atomic mass is 16.5. The lowest BCUT2D eigenvalue weighted by atomic mass is 10.1. The van der Waals surface area contributed by atoms with E-state index in [4.69, 9.17) is 4.74 Å². The number of carbonyl (C=O) groups excluding carboxylic acids is 1. The zero-order chi connectivity index (χ0) is 11.1. The smallest absolute Gasteiger partial charge is 0.120 e. The van der Waals surface area contributed by atoms with Crippen molar-refractivity contribution in [3.8, 4) is 0 Å². The SMILES string of the molecule is Cc1ccc(COC[C@H](C)CC=O)cc1. The molecule has 1 atom stereocenters. The summed E-state index contributed by atoms with van der Waals surface area (Å²) < 4.78 is 5.52. The van der Waals surface area contributed by atoms with Crippen LogP contribution in [0.15, 0.2) is 24.3 Å². The van der Waals surface area contributed by atoms with Crippen molar-refractivity contribution in [2.24, 2.45) is 5.92 Å². The van der Waals surface area contributed by atoms with E-state index in [1.807, 2.05) is 6.92 Å². The fourth-order valence-electron chi connectivity index (χ4n) is 1.29. The summed E-state index contributed by atoms with van der Waals surface area (Å²) in [6, 6.07) is 8.29. The topological polar surface area (TPSA) is 26.3 Å². The van der Waals surface area contributed by atoms with Crippen LogP contribution in [0.4, 0.5) is 0 Å². The first kappa shape index (κ1) is 11.9. The average Bonchev–Trinajstić information content (AvgIpc) is 2.21. The molecule has 15 heavy (non-hydrogen) atoms. The van der Waals surface area contributed by atoms with E-state index in [-0.39, 0.29) is 0 Å². The summed E-state index contributed by atoms with van der Waals surface area (Å²) in [5.74, 6) is 0.313. The van der Waals surface area contributed by atoms with Gasteiger partial charge in [-0.2, -0.15) is 0 Å². The summed E-state index contributed by atoms with van der Waals surface area (Å²) in [5.41, 5.74) is 2.44. The van der Waals surface area contributed by atoms with Gasteiger partial charge < -0.3 is 9.53 Å². The van der Waals surface area contributed by atoms with Crippen LogP contribution >= 0.6 is 0 Å². The van der Waals surface area contributed by atoms with Crippen LogP contribution in [-0.4, -0.2) is 12.9 Å². The summed E-state index contributed by atoms with van der Waals surface area (Å²) in [6.45, 7) is 5.36. The molecule has 82 valence electrons. The summed E-state index contributed by atoms with van der Waals surface area (Å²) in [4.78, 5) is 10.2. The van der Waals surface area contributed by atoms with E-state index in [1.165, 1.54) is 11.1 Å². The van der Waals surface area contributed by atoms with E-state index >= 15 is 0 Å². The van der Waals surface area contributed by atoms with Gasteiger partial charge in [-0.15, -0.1) is 0 Å². The number of hydrogen-bond donors (Lipinski definition) is 0. The molecule has 1 aromatic rings. The third kappa shape index (κ3) is 4.75. The standard InChI is InChI=1S/C13H18O2/c1-11-3-5-13(6-4-11)10-15-9-12(2)7-8-14/h3-6,8,12H,7,9-10H2,1-2H3/t12-/m1/s1. The van der Waals surface area contributed by atoms with Crippen molar-refractivity contribution in [2.75, 3.05) is 6.61 Å². The van der Waals surface area contributed by atoms with Gasteiger partial charge in [0.05, 0.1) is 6.61 Å². The molecule has 0 unspecified atom stereocenters. The van der Waals surface area contributed by atoms with Gasteiger partial charge in [-0.1, -0.05) is 36.8 Å². The first-order valence-corrected chi connectivity index (χ1v) is 5.29. The molecule has 0 aromatic heterocycles. The van der Waals surface area contributed by atoms with E-state index in [1.54, 1.807) is 0 Å². The molecule has 1 aromatic carbocycles. The first-order chi connectivity index (χ1) is 7.22. The second-order valence-corrected chi connectivity index (χ2v) is 4.01. The van der Waals surface area contributed by atoms with Crippen LogP contribution in [0.25, 0.3) is 0 Å². The Morgan fingerprint density at radius 3 is 2.60 bits per heavy atom. The predicted molar refractivity (Wildman–Crippen MR) is 60.7 cm³/mol. The van der Waals surface area contributed by atoms with Gasteiger partial charge in [0.15, 0.2) is 0 Å². The molecular formula is C13H18O2. The van der Waals surface area contributed by atoms with Crippen LogP contribution in [0.3, 0.4) is 0 Å². The molecule has 0 saturated carbocycles. The van der Waals surface area contributed by atoms with Crippen molar-refractivity contribution in [3.63, 3.8) is 0 Å². The summed E-state index contributed by atoms with van der Waals surface area (Å²) >= 11 is 0. The number of aldehydes is 1. The van der Waals surface area contributed by atoms with Crippen molar-refractivity contribution >= 4 is 6.29 Å². The Bertz CT molecular complexity index is 290. The highest BCUT2D eigenvalue weighted by Crippen LogP contribution is 2.06. The number of carbonyl (C=O) groups is 1. The monoisotopic (exact) mass is 206 g/mol. The number of rotatable bonds is 6. The van der Waals surface area contributed by atoms with Crippen LogP contribution in [-0.2, 0) is 16.1 Å². The molecule has 0 amide bonds. The van der Waals surface area contributed by atoms with Crippen molar-refractivity contribution < 1.29 is 9.53 Å². The Labute approximate surface area is 91.3 Å². The van der Waals surface area contributed by atoms with Crippen molar-refractivity contribution in [2.45, 2.75) is 26.9 Å². The maximum Gasteiger partial charge on any atom is 0.120 e. The molecule has 0 aliphatic heterocycles. The van der Waals surface area contributed by atoms with Gasteiger partial charge in [0, 0.05) is 13.0 Å². The molecule has 1 rings (SSSR count). The Morgan fingerprint density at radius 2 is 2.00 bits per heavy atom. The maximum atomic E-state index is 10.2. The van der Waals surface area contributed by atoms with Gasteiger partial charge in [-0.3, -0.25) is 0 Å². The fourth-order valence-corrected chi connectivity index (χ4v) is 1.29. The van der Waals surface area contributed by atoms with Gasteiger partial charge in [0.1, 0.15) is 6.29 Å². The van der Waals surface area contributed by atoms with Crippen molar-refractivity contribution in [1.82, 2.24) is 0 Å². The molecule has 2 heteroatoms. The second kappa shape index (κ2) is 6.36. The predicted octanol–water partition coefficient (Wildman–Crippen LogP) is 2.74. The molecular weight excluding hydrogens is 188 g/mol. The Morgan fingerprint density at radius 1 is 1.33 bits per heavy atom. The first-order valence-electron chi connectivity index (χ1n) is 5.29. The van der Waals surface area contributed by atoms with Gasteiger partial charge >= 0.3 is 0 Å². The van der Waals surface area contributed by atoms with E-state index < -0.39 is 0 Å². The summed E-state index contributed by atoms with van der Waals surface area (Å²) in [5, 5.41) is 0. The minimum absolute atomic E-state index is 0.313. The summed E-state index contributed by atoms with van der Waals surface area (Å²) in [7, 11) is 0. The highest BCUT2D eigenvalue weighted by Gasteiger charge is 2.01. The van der Waals surface area contributed by atoms with Crippen LogP contribution in [0.1, 0.15) is 24.5 Å². The third-order valence-corrected chi connectivity index (χ3v) is 2.29. The van der Waals surface area contributed by atoms with Crippen molar-refractivity contribution in [3.05, 3.63) is 35.4 Å². The van der Waals surface area contributed by atoms with Crippen LogP contribution in [0.5, 0.6) is 0 Å². The van der Waals surface area contributed by atoms with Gasteiger partial charge in [0.25, 0.3) is 0 Å². The molecule has 0 bridgehead atoms. The second-order valence-electron chi connectivity index (χ2n) is 4.01. The maximum absolute atomic E-state index is 10.2. The number of ether oxygens (including phenoxy) is 1. The molecule has 0 heterocycles. The Hall–Kier alpha value is -1.15. The Balaban J connectivity index is 2.25. The van der Waals surface area contributed by atoms with E-state index in [0.717, 1.165) is 6.29 Å². The molecule has 0 N–H and O–H groups in total. The lowest BCUT2D eigenvalue weighted by Gasteiger charge is -2.08. The molecule has 0 aliphatic carbocycles. The van der Waals surface area contributed by atoms with E-state index in [9.17, 15) is 4.79 Å². The molecule has 0 aliphatic rings. The van der Waals surface area contributed by atoms with E-state index in [2.05, 4.69) is 31.2 Å². The van der Waals surface area contributed by atoms with Crippen molar-refractivity contribution in [1.29, 1.82) is 0 Å². The molecule has 0 fully saturated rings. The van der Waals surface area contributed by atoms with Gasteiger partial charge in [-0.25, -0.2) is 0 Å². The average molecular weight is 206 g/mol. The normalized spacial score (nSPS) is 12.4. The van der Waals surface area contributed by atoms with Crippen LogP contribution < -0.4 is 0 Å². The minimum atomic E-state index is 0.313. The Kier molecular flexibility index (Phi) is 5.05. The van der Waals surface area contributed by atoms with Gasteiger partial charge in [0.2, 0.25) is 0 Å². The zero-order valence-corrected chi connectivity index (χ0v) is 9.40. The molecule has 0 saturated heterocycles. The van der Waals surface area contributed by atoms with E-state index in [0.29, 0.717) is 25.6 Å². The highest BCUT2D eigenvalue weighted by molar-refractivity contribution is 5.49. The number of hydrogen-bond acceptors (Lipinski definition) is 2. The lowest BCUT2D eigenvalue weighted by molar-refractivity contribution is -0.109. The number of benzene rings is 1. The summed E-state index contributed by atoms with van der Waals surface area (Å²) in [6.07, 6.45) is 1.52. The quantitative estimate of drug-likeness (QED) is 0.669. The molecule has 2 nitrogen and oxygen atoms in total. The largest absolute Gasteiger partial charge is 0.376 e. The van der Waals surface area contributed by atoms with Crippen LogP contribution in [0.2, 0.25) is 0 Å².